The molecule has 2 aromatic carbocycles. The van der Waals surface area contributed by atoms with Crippen molar-refractivity contribution in [2.75, 3.05) is 0 Å². The predicted molar refractivity (Wildman–Crippen MR) is 91.6 cm³/mol. The average molecular weight is 344 g/mol. The lowest BCUT2D eigenvalue weighted by molar-refractivity contribution is -0.118. The van der Waals surface area contributed by atoms with Crippen LogP contribution in [-0.4, -0.2) is 32.5 Å². The van der Waals surface area contributed by atoms with Crippen molar-refractivity contribution in [3.63, 3.8) is 0 Å². The normalized spacial score (nSPS) is 12.0. The molecule has 6 nitrogen and oxygen atoms in total. The van der Waals surface area contributed by atoms with E-state index in [1.165, 1.54) is 19.1 Å². The number of benzene rings is 2. The smallest absolute Gasteiger partial charge is 0.154 e. The lowest BCUT2D eigenvalue weighted by Crippen LogP contribution is -2.09. The number of hydrogen-bond acceptors (Lipinski definition) is 6. The molecule has 0 spiro atoms. The third-order valence-electron chi connectivity index (χ3n) is 4.44. The number of hydrogen-bond donors (Lipinski definition) is 4. The molecule has 0 aliphatic heterocycles. The zero-order valence-electron chi connectivity index (χ0n) is 14.2. The molecule has 0 unspecified atom stereocenters. The summed E-state index contributed by atoms with van der Waals surface area (Å²) in [5.41, 5.74) is 1.20. The van der Waals surface area contributed by atoms with Gasteiger partial charge in [-0.05, 0) is 37.1 Å². The average Bonchev–Trinajstić information content (AvgIpc) is 2.51. The first-order valence-electron chi connectivity index (χ1n) is 7.72. The van der Waals surface area contributed by atoms with Crippen LogP contribution in [0, 0.1) is 6.92 Å². The van der Waals surface area contributed by atoms with Gasteiger partial charge in [0.15, 0.2) is 6.29 Å². The van der Waals surface area contributed by atoms with Crippen molar-refractivity contribution in [1.82, 2.24) is 0 Å². The molecule has 0 aliphatic carbocycles. The van der Waals surface area contributed by atoms with Crippen molar-refractivity contribution in [2.24, 2.45) is 0 Å². The molecule has 0 fully saturated rings. The Morgan fingerprint density at radius 2 is 1.68 bits per heavy atom. The number of aromatic hydroxyl groups is 4. The van der Waals surface area contributed by atoms with Crippen molar-refractivity contribution >= 4 is 12.1 Å². The van der Waals surface area contributed by atoms with Crippen molar-refractivity contribution in [2.45, 2.75) is 33.1 Å². The van der Waals surface area contributed by atoms with Crippen molar-refractivity contribution < 1.29 is 30.0 Å². The molecule has 0 saturated carbocycles. The molecule has 6 heteroatoms. The molecule has 132 valence electrons. The predicted octanol–water partition coefficient (Wildman–Crippen LogP) is 2.91. The summed E-state index contributed by atoms with van der Waals surface area (Å²) >= 11 is 0. The summed E-state index contributed by atoms with van der Waals surface area (Å²) in [7, 11) is 0. The standard InChI is InChI=1S/C19H20O6/c1-9-4-12(22)5-17(23)13(9)6-15-18(24)7-14(10(2)11(3)21)16(8-20)19(15)25/h4-5,7-8,10,22-25H,6H2,1-3H3/t10-/m1/s1. The van der Waals surface area contributed by atoms with E-state index in [-0.39, 0.29) is 46.1 Å². The van der Waals surface area contributed by atoms with E-state index in [2.05, 4.69) is 0 Å². The monoisotopic (exact) mass is 344 g/mol. The maximum absolute atomic E-state index is 11.6. The molecule has 0 heterocycles. The lowest BCUT2D eigenvalue weighted by atomic mass is 9.88. The molecular weight excluding hydrogens is 324 g/mol. The van der Waals surface area contributed by atoms with Gasteiger partial charge in [-0.2, -0.15) is 0 Å². The van der Waals surface area contributed by atoms with E-state index >= 15 is 0 Å². The summed E-state index contributed by atoms with van der Waals surface area (Å²) in [6.45, 7) is 4.61. The van der Waals surface area contributed by atoms with E-state index in [4.69, 9.17) is 0 Å². The number of carbonyl (C=O) groups excluding carboxylic acids is 2. The molecule has 1 atom stereocenters. The Morgan fingerprint density at radius 1 is 1.08 bits per heavy atom. The van der Waals surface area contributed by atoms with Gasteiger partial charge in [0.05, 0.1) is 5.56 Å². The molecule has 2 rings (SSSR count). The van der Waals surface area contributed by atoms with Crippen molar-refractivity contribution in [3.05, 3.63) is 46.0 Å². The number of phenolic OH excluding ortho intramolecular Hbond substituents is 4. The van der Waals surface area contributed by atoms with Gasteiger partial charge in [0.2, 0.25) is 0 Å². The first kappa shape index (κ1) is 18.3. The number of Topliss-reactive ketones (excluding diaryl/α,β-unsaturated/α-hetero) is 1. The quantitative estimate of drug-likeness (QED) is 0.620. The molecule has 0 aromatic heterocycles. The highest BCUT2D eigenvalue weighted by molar-refractivity contribution is 5.90. The molecule has 4 N–H and O–H groups in total. The zero-order valence-corrected chi connectivity index (χ0v) is 14.2. The van der Waals surface area contributed by atoms with Crippen LogP contribution in [0.4, 0.5) is 0 Å². The highest BCUT2D eigenvalue weighted by atomic mass is 16.3. The zero-order chi connectivity index (χ0) is 18.9. The molecule has 25 heavy (non-hydrogen) atoms. The van der Waals surface area contributed by atoms with Gasteiger partial charge < -0.3 is 20.4 Å². The number of rotatable bonds is 5. The minimum atomic E-state index is -0.658. The van der Waals surface area contributed by atoms with E-state index in [9.17, 15) is 30.0 Å². The Kier molecular flexibility index (Phi) is 5.02. The highest BCUT2D eigenvalue weighted by Gasteiger charge is 2.23. The maximum Gasteiger partial charge on any atom is 0.154 e. The first-order valence-corrected chi connectivity index (χ1v) is 7.72. The highest BCUT2D eigenvalue weighted by Crippen LogP contribution is 2.39. The summed E-state index contributed by atoms with van der Waals surface area (Å²) in [4.78, 5) is 23.0. The third-order valence-corrected chi connectivity index (χ3v) is 4.44. The second kappa shape index (κ2) is 6.84. The Morgan fingerprint density at radius 3 is 2.20 bits per heavy atom. The second-order valence-corrected chi connectivity index (χ2v) is 6.11. The van der Waals surface area contributed by atoms with Gasteiger partial charge in [0, 0.05) is 29.5 Å². The summed E-state index contributed by atoms with van der Waals surface area (Å²) in [5.74, 6) is -1.86. The molecular formula is C19H20O6. The topological polar surface area (TPSA) is 115 Å². The van der Waals surface area contributed by atoms with Crippen LogP contribution in [0.15, 0.2) is 18.2 Å². The molecule has 2 aromatic rings. The van der Waals surface area contributed by atoms with Gasteiger partial charge in [-0.1, -0.05) is 6.92 Å². The number of aldehydes is 1. The third kappa shape index (κ3) is 3.42. The van der Waals surface area contributed by atoms with Gasteiger partial charge in [0.25, 0.3) is 0 Å². The second-order valence-electron chi connectivity index (χ2n) is 6.11. The van der Waals surface area contributed by atoms with Crippen molar-refractivity contribution in [1.29, 1.82) is 0 Å². The molecule has 0 saturated heterocycles. The van der Waals surface area contributed by atoms with Gasteiger partial charge in [0.1, 0.15) is 28.8 Å². The van der Waals surface area contributed by atoms with Crippen LogP contribution in [-0.2, 0) is 11.2 Å². The maximum atomic E-state index is 11.6. The number of carbonyl (C=O) groups is 2. The van der Waals surface area contributed by atoms with E-state index < -0.39 is 11.7 Å². The largest absolute Gasteiger partial charge is 0.508 e. The number of phenols is 4. The van der Waals surface area contributed by atoms with Gasteiger partial charge in [-0.3, -0.25) is 9.59 Å². The van der Waals surface area contributed by atoms with Crippen LogP contribution in [0.2, 0.25) is 0 Å². The van der Waals surface area contributed by atoms with E-state index in [0.717, 1.165) is 6.07 Å². The SMILES string of the molecule is CC(=O)[C@@H](C)c1cc(O)c(Cc2c(C)cc(O)cc2O)c(O)c1C=O. The summed E-state index contributed by atoms with van der Waals surface area (Å²) in [5, 5.41) is 40.3. The lowest BCUT2D eigenvalue weighted by Gasteiger charge is -2.17. The van der Waals surface area contributed by atoms with E-state index in [1.54, 1.807) is 13.8 Å². The molecule has 0 radical (unpaired) electrons. The van der Waals surface area contributed by atoms with Crippen LogP contribution in [0.3, 0.4) is 0 Å². The van der Waals surface area contributed by atoms with Crippen LogP contribution >= 0.6 is 0 Å². The number of ketones is 1. The summed E-state index contributed by atoms with van der Waals surface area (Å²) in [6, 6.07) is 3.89. The van der Waals surface area contributed by atoms with Crippen LogP contribution in [0.1, 0.15) is 52.4 Å². The molecule has 0 bridgehead atoms. The fourth-order valence-corrected chi connectivity index (χ4v) is 2.79. The minimum absolute atomic E-state index is 0.0504. The Balaban J connectivity index is 2.61. The molecule has 0 amide bonds. The Hall–Kier alpha value is -3.02. The fraction of sp³-hybridized carbons (Fsp3) is 0.263. The number of aryl methyl sites for hydroxylation is 1. The minimum Gasteiger partial charge on any atom is -0.508 e. The van der Waals surface area contributed by atoms with Gasteiger partial charge in [-0.15, -0.1) is 0 Å². The Labute approximate surface area is 145 Å². The van der Waals surface area contributed by atoms with Gasteiger partial charge >= 0.3 is 0 Å². The fourth-order valence-electron chi connectivity index (χ4n) is 2.79. The summed E-state index contributed by atoms with van der Waals surface area (Å²) in [6.07, 6.45) is 0.391. The van der Waals surface area contributed by atoms with Crippen LogP contribution in [0.5, 0.6) is 23.0 Å². The van der Waals surface area contributed by atoms with E-state index in [1.807, 2.05) is 0 Å². The van der Waals surface area contributed by atoms with Crippen molar-refractivity contribution in [3.8, 4) is 23.0 Å². The Bertz CT molecular complexity index is 830. The van der Waals surface area contributed by atoms with Crippen LogP contribution < -0.4 is 0 Å². The van der Waals surface area contributed by atoms with E-state index in [0.29, 0.717) is 17.4 Å². The van der Waals surface area contributed by atoms with Crippen LogP contribution in [0.25, 0.3) is 0 Å². The summed E-state index contributed by atoms with van der Waals surface area (Å²) < 4.78 is 0. The first-order chi connectivity index (χ1) is 11.7. The molecule has 0 aliphatic rings. The van der Waals surface area contributed by atoms with Gasteiger partial charge in [-0.25, -0.2) is 0 Å².